The molecule has 2 unspecified atom stereocenters. The number of amides is 1. The number of esters is 1. The normalized spacial score (nSPS) is 21.1. The van der Waals surface area contributed by atoms with Crippen molar-refractivity contribution in [2.24, 2.45) is 0 Å². The Morgan fingerprint density at radius 3 is 2.48 bits per heavy atom. The summed E-state index contributed by atoms with van der Waals surface area (Å²) in [5.74, 6) is -1.17. The first-order valence-corrected chi connectivity index (χ1v) is 10.3. The largest absolute Gasteiger partial charge is 0.452 e. The smallest absolute Gasteiger partial charge is 0.338 e. The van der Waals surface area contributed by atoms with E-state index in [2.05, 4.69) is 5.32 Å². The standard InChI is InChI=1S/C18H26N2O6S/c1-12(2)19-17(21)11-25-18(22)15-6-5-7-16(8-15)27(23,24)20-9-13(3)26-14(4)10-20/h5-8,12-14H,9-11H2,1-4H3,(H,19,21). The number of nitrogens with one attached hydrogen (secondary N) is 1. The van der Waals surface area contributed by atoms with E-state index in [9.17, 15) is 18.0 Å². The molecule has 150 valence electrons. The van der Waals surface area contributed by atoms with Crippen LogP contribution in [-0.2, 0) is 24.3 Å². The summed E-state index contributed by atoms with van der Waals surface area (Å²) >= 11 is 0. The molecular weight excluding hydrogens is 372 g/mol. The van der Waals surface area contributed by atoms with Crippen LogP contribution in [0.2, 0.25) is 0 Å². The highest BCUT2D eigenvalue weighted by Crippen LogP contribution is 2.22. The van der Waals surface area contributed by atoms with Gasteiger partial charge < -0.3 is 14.8 Å². The maximum absolute atomic E-state index is 12.9. The van der Waals surface area contributed by atoms with Crippen LogP contribution in [0.25, 0.3) is 0 Å². The van der Waals surface area contributed by atoms with Crippen molar-refractivity contribution in [2.75, 3.05) is 19.7 Å². The number of sulfonamides is 1. The van der Waals surface area contributed by atoms with Crippen molar-refractivity contribution in [3.05, 3.63) is 29.8 Å². The first-order valence-electron chi connectivity index (χ1n) is 8.81. The number of benzene rings is 1. The van der Waals surface area contributed by atoms with Crippen LogP contribution in [-0.4, -0.2) is 62.5 Å². The van der Waals surface area contributed by atoms with Gasteiger partial charge in [-0.3, -0.25) is 4.79 Å². The Morgan fingerprint density at radius 1 is 1.26 bits per heavy atom. The lowest BCUT2D eigenvalue weighted by Crippen LogP contribution is -2.48. The third-order valence-corrected chi connectivity index (χ3v) is 5.71. The first kappa shape index (κ1) is 21.3. The number of carbonyl (C=O) groups is 2. The molecule has 0 saturated carbocycles. The molecule has 9 heteroatoms. The zero-order valence-electron chi connectivity index (χ0n) is 16.0. The molecule has 1 aliphatic rings. The first-order chi connectivity index (χ1) is 12.6. The fraction of sp³-hybridized carbons (Fsp3) is 0.556. The van der Waals surface area contributed by atoms with Gasteiger partial charge in [-0.15, -0.1) is 0 Å². The van der Waals surface area contributed by atoms with Crippen LogP contribution in [0.15, 0.2) is 29.2 Å². The van der Waals surface area contributed by atoms with Crippen molar-refractivity contribution in [3.63, 3.8) is 0 Å². The molecule has 1 aliphatic heterocycles. The average molecular weight is 398 g/mol. The van der Waals surface area contributed by atoms with E-state index in [1.807, 2.05) is 13.8 Å². The zero-order chi connectivity index (χ0) is 20.2. The van der Waals surface area contributed by atoms with Crippen LogP contribution in [0.5, 0.6) is 0 Å². The molecule has 0 bridgehead atoms. The molecule has 8 nitrogen and oxygen atoms in total. The van der Waals surface area contributed by atoms with Gasteiger partial charge in [0.2, 0.25) is 10.0 Å². The van der Waals surface area contributed by atoms with Crippen LogP contribution in [0.1, 0.15) is 38.1 Å². The van der Waals surface area contributed by atoms with E-state index in [1.165, 1.54) is 28.6 Å². The molecule has 0 aliphatic carbocycles. The number of hydrogen-bond acceptors (Lipinski definition) is 6. The summed E-state index contributed by atoms with van der Waals surface area (Å²) in [5, 5.41) is 2.61. The zero-order valence-corrected chi connectivity index (χ0v) is 16.8. The van der Waals surface area contributed by atoms with Crippen molar-refractivity contribution in [1.29, 1.82) is 0 Å². The van der Waals surface area contributed by atoms with Gasteiger partial charge in [0.15, 0.2) is 6.61 Å². The molecule has 1 heterocycles. The molecule has 0 aromatic heterocycles. The fourth-order valence-corrected chi connectivity index (χ4v) is 4.47. The SMILES string of the molecule is CC(C)NC(=O)COC(=O)c1cccc(S(=O)(=O)N2CC(C)OC(C)C2)c1. The van der Waals surface area contributed by atoms with Crippen molar-refractivity contribution < 1.29 is 27.5 Å². The maximum Gasteiger partial charge on any atom is 0.338 e. The van der Waals surface area contributed by atoms with Gasteiger partial charge >= 0.3 is 5.97 Å². The molecule has 0 radical (unpaired) electrons. The van der Waals surface area contributed by atoms with Crippen LogP contribution in [0.3, 0.4) is 0 Å². The van der Waals surface area contributed by atoms with Crippen LogP contribution in [0.4, 0.5) is 0 Å². The van der Waals surface area contributed by atoms with E-state index >= 15 is 0 Å². The van der Waals surface area contributed by atoms with Crippen LogP contribution < -0.4 is 5.32 Å². The second-order valence-electron chi connectivity index (χ2n) is 6.91. The molecule has 1 aromatic rings. The Kier molecular flexibility index (Phi) is 6.96. The quantitative estimate of drug-likeness (QED) is 0.722. The lowest BCUT2D eigenvalue weighted by Gasteiger charge is -2.34. The molecule has 1 saturated heterocycles. The van der Waals surface area contributed by atoms with E-state index in [0.717, 1.165) is 0 Å². The summed E-state index contributed by atoms with van der Waals surface area (Å²) in [6.45, 7) is 7.28. The Labute approximate surface area is 159 Å². The molecular formula is C18H26N2O6S. The molecule has 1 N–H and O–H groups in total. The van der Waals surface area contributed by atoms with Crippen LogP contribution in [0, 0.1) is 0 Å². The highest BCUT2D eigenvalue weighted by atomic mass is 32.2. The van der Waals surface area contributed by atoms with Gasteiger partial charge in [-0.2, -0.15) is 4.31 Å². The molecule has 1 aromatic carbocycles. The van der Waals surface area contributed by atoms with Crippen molar-refractivity contribution in [3.8, 4) is 0 Å². The molecule has 2 atom stereocenters. The molecule has 1 fully saturated rings. The molecule has 0 spiro atoms. The van der Waals surface area contributed by atoms with E-state index in [-0.39, 0.29) is 41.8 Å². The minimum atomic E-state index is -3.76. The Hall–Kier alpha value is -1.97. The van der Waals surface area contributed by atoms with Gasteiger partial charge in [0.05, 0.1) is 22.7 Å². The third kappa shape index (κ3) is 5.75. The van der Waals surface area contributed by atoms with Gasteiger partial charge in [0.25, 0.3) is 5.91 Å². The summed E-state index contributed by atoms with van der Waals surface area (Å²) in [4.78, 5) is 23.7. The highest BCUT2D eigenvalue weighted by Gasteiger charge is 2.32. The fourth-order valence-electron chi connectivity index (χ4n) is 2.84. The average Bonchev–Trinajstić information content (AvgIpc) is 2.58. The monoisotopic (exact) mass is 398 g/mol. The number of morpholine rings is 1. The number of nitrogens with zero attached hydrogens (tertiary/aromatic N) is 1. The van der Waals surface area contributed by atoms with Gasteiger partial charge in [-0.05, 0) is 45.9 Å². The van der Waals surface area contributed by atoms with E-state index in [0.29, 0.717) is 0 Å². The summed E-state index contributed by atoms with van der Waals surface area (Å²) in [5.41, 5.74) is 0.0720. The van der Waals surface area contributed by atoms with E-state index in [1.54, 1.807) is 13.8 Å². The van der Waals surface area contributed by atoms with Gasteiger partial charge in [-0.1, -0.05) is 6.07 Å². The topological polar surface area (TPSA) is 102 Å². The van der Waals surface area contributed by atoms with Crippen LogP contribution >= 0.6 is 0 Å². The summed E-state index contributed by atoms with van der Waals surface area (Å²) in [6.07, 6.45) is -0.424. The Balaban J connectivity index is 2.12. The number of hydrogen-bond donors (Lipinski definition) is 1. The molecule has 27 heavy (non-hydrogen) atoms. The van der Waals surface area contributed by atoms with E-state index in [4.69, 9.17) is 9.47 Å². The minimum absolute atomic E-state index is 0.00452. The lowest BCUT2D eigenvalue weighted by atomic mass is 10.2. The maximum atomic E-state index is 12.9. The number of rotatable bonds is 6. The Bertz CT molecular complexity index is 783. The summed E-state index contributed by atoms with van der Waals surface area (Å²) in [7, 11) is -3.76. The van der Waals surface area contributed by atoms with Crippen molar-refractivity contribution in [1.82, 2.24) is 9.62 Å². The number of ether oxygens (including phenoxy) is 2. The molecule has 1 amide bonds. The Morgan fingerprint density at radius 2 is 1.89 bits per heavy atom. The number of carbonyl (C=O) groups excluding carboxylic acids is 2. The predicted octanol–water partition coefficient (Wildman–Crippen LogP) is 1.17. The lowest BCUT2D eigenvalue weighted by molar-refractivity contribution is -0.124. The second kappa shape index (κ2) is 8.81. The van der Waals surface area contributed by atoms with Crippen molar-refractivity contribution >= 4 is 21.9 Å². The molecule has 2 rings (SSSR count). The third-order valence-electron chi connectivity index (χ3n) is 3.88. The summed E-state index contributed by atoms with van der Waals surface area (Å²) < 4.78 is 37.7. The summed E-state index contributed by atoms with van der Waals surface area (Å²) in [6, 6.07) is 5.56. The van der Waals surface area contributed by atoms with Gasteiger partial charge in [0.1, 0.15) is 0 Å². The van der Waals surface area contributed by atoms with Gasteiger partial charge in [0, 0.05) is 19.1 Å². The van der Waals surface area contributed by atoms with Crippen molar-refractivity contribution in [2.45, 2.75) is 50.8 Å². The minimum Gasteiger partial charge on any atom is -0.452 e. The highest BCUT2D eigenvalue weighted by molar-refractivity contribution is 7.89. The van der Waals surface area contributed by atoms with Gasteiger partial charge in [-0.25, -0.2) is 13.2 Å². The second-order valence-corrected chi connectivity index (χ2v) is 8.84. The predicted molar refractivity (Wildman–Crippen MR) is 98.8 cm³/mol. The van der Waals surface area contributed by atoms with E-state index < -0.39 is 28.5 Å².